The van der Waals surface area contributed by atoms with Crippen LogP contribution >= 0.6 is 11.8 Å². The molecule has 0 saturated carbocycles. The predicted octanol–water partition coefficient (Wildman–Crippen LogP) is 2.13. The van der Waals surface area contributed by atoms with Crippen molar-refractivity contribution in [1.82, 2.24) is 0 Å². The number of benzene rings is 1. The minimum Gasteiger partial charge on any atom is -0.461 e. The molecule has 12 heavy (non-hydrogen) atoms. The number of thioether (sulfide) groups is 1. The Kier molecular flexibility index (Phi) is 2.99. The van der Waals surface area contributed by atoms with Crippen molar-refractivity contribution in [1.29, 1.82) is 0 Å². The van der Waals surface area contributed by atoms with Crippen molar-refractivity contribution < 1.29 is 9.53 Å². The van der Waals surface area contributed by atoms with E-state index in [2.05, 4.69) is 4.74 Å². The van der Waals surface area contributed by atoms with Gasteiger partial charge < -0.3 is 10.5 Å². The van der Waals surface area contributed by atoms with Gasteiger partial charge in [0.2, 0.25) is 0 Å². The molecule has 0 bridgehead atoms. The van der Waals surface area contributed by atoms with Crippen LogP contribution in [-0.4, -0.2) is 12.4 Å². The second-order valence-electron chi connectivity index (χ2n) is 2.13. The van der Waals surface area contributed by atoms with E-state index in [1.165, 1.54) is 7.11 Å². The zero-order chi connectivity index (χ0) is 8.97. The molecule has 4 heteroatoms. The number of carbonyl (C=O) groups is 1. The van der Waals surface area contributed by atoms with Crippen molar-refractivity contribution in [2.24, 2.45) is 0 Å². The predicted molar refractivity (Wildman–Crippen MR) is 49.1 cm³/mol. The summed E-state index contributed by atoms with van der Waals surface area (Å²) in [5.41, 5.74) is 6.15. The summed E-state index contributed by atoms with van der Waals surface area (Å²) in [4.78, 5) is 11.6. The van der Waals surface area contributed by atoms with Gasteiger partial charge in [-0.1, -0.05) is 0 Å². The summed E-state index contributed by atoms with van der Waals surface area (Å²) in [7, 11) is 1.35. The van der Waals surface area contributed by atoms with Gasteiger partial charge in [-0.3, -0.25) is 0 Å². The van der Waals surface area contributed by atoms with Crippen LogP contribution < -0.4 is 5.73 Å². The molecule has 1 aromatic carbocycles. The Morgan fingerprint density at radius 2 is 2.00 bits per heavy atom. The van der Waals surface area contributed by atoms with Gasteiger partial charge in [-0.2, -0.15) is 0 Å². The average molecular weight is 183 g/mol. The molecular formula is C8H9NO2S. The number of anilines is 1. The molecule has 1 aromatic rings. The van der Waals surface area contributed by atoms with Gasteiger partial charge in [-0.15, -0.1) is 0 Å². The van der Waals surface area contributed by atoms with Gasteiger partial charge in [0.1, 0.15) is 0 Å². The number of hydrogen-bond donors (Lipinski definition) is 1. The van der Waals surface area contributed by atoms with Crippen molar-refractivity contribution >= 4 is 22.8 Å². The number of methoxy groups -OCH3 is 1. The first-order valence-corrected chi connectivity index (χ1v) is 4.15. The fourth-order valence-electron chi connectivity index (χ4n) is 0.674. The Labute approximate surface area is 74.9 Å². The fraction of sp³-hybridized carbons (Fsp3) is 0.125. The lowest BCUT2D eigenvalue weighted by Crippen LogP contribution is -1.90. The third-order valence-corrected chi connectivity index (χ3v) is 2.09. The minimum atomic E-state index is -0.320. The Hall–Kier alpha value is -1.16. The van der Waals surface area contributed by atoms with E-state index in [1.807, 2.05) is 0 Å². The molecule has 0 amide bonds. The lowest BCUT2D eigenvalue weighted by molar-refractivity contribution is 0.200. The van der Waals surface area contributed by atoms with Crippen molar-refractivity contribution in [2.75, 3.05) is 12.8 Å². The number of carbonyl (C=O) groups excluding carboxylic acids is 1. The molecular weight excluding hydrogens is 174 g/mol. The Bertz CT molecular complexity index is 271. The fourth-order valence-corrected chi connectivity index (χ4v) is 1.22. The maximum absolute atomic E-state index is 10.8. The van der Waals surface area contributed by atoms with Crippen molar-refractivity contribution in [3.8, 4) is 0 Å². The van der Waals surface area contributed by atoms with E-state index in [4.69, 9.17) is 5.73 Å². The molecule has 0 spiro atoms. The van der Waals surface area contributed by atoms with Crippen molar-refractivity contribution in [2.45, 2.75) is 4.90 Å². The van der Waals surface area contributed by atoms with Crippen LogP contribution in [0, 0.1) is 0 Å². The average Bonchev–Trinajstić information content (AvgIpc) is 2.09. The van der Waals surface area contributed by atoms with E-state index in [0.29, 0.717) is 5.69 Å². The molecule has 0 radical (unpaired) electrons. The van der Waals surface area contributed by atoms with Gasteiger partial charge in [0, 0.05) is 10.6 Å². The van der Waals surface area contributed by atoms with Crippen LogP contribution in [0.5, 0.6) is 0 Å². The Morgan fingerprint density at radius 3 is 2.50 bits per heavy atom. The maximum atomic E-state index is 10.8. The molecule has 0 aliphatic carbocycles. The first-order chi connectivity index (χ1) is 5.72. The number of hydrogen-bond acceptors (Lipinski definition) is 4. The van der Waals surface area contributed by atoms with E-state index >= 15 is 0 Å². The molecule has 0 aliphatic heterocycles. The van der Waals surface area contributed by atoms with E-state index in [0.717, 1.165) is 16.7 Å². The number of ether oxygens (including phenoxy) is 1. The molecule has 2 N–H and O–H groups in total. The van der Waals surface area contributed by atoms with E-state index < -0.39 is 0 Å². The molecule has 3 nitrogen and oxygen atoms in total. The van der Waals surface area contributed by atoms with E-state index in [-0.39, 0.29) is 5.30 Å². The summed E-state index contributed by atoms with van der Waals surface area (Å²) >= 11 is 1.04. The van der Waals surface area contributed by atoms with Crippen molar-refractivity contribution in [3.63, 3.8) is 0 Å². The van der Waals surface area contributed by atoms with Crippen LogP contribution in [0.25, 0.3) is 0 Å². The third kappa shape index (κ3) is 2.47. The number of nitrogen functional groups attached to an aromatic ring is 1. The van der Waals surface area contributed by atoms with Gasteiger partial charge in [-0.05, 0) is 36.0 Å². The van der Waals surface area contributed by atoms with Crippen LogP contribution in [0.4, 0.5) is 10.5 Å². The molecule has 0 heterocycles. The SMILES string of the molecule is COC(=O)Sc1ccc(N)cc1. The van der Waals surface area contributed by atoms with Crippen LogP contribution in [-0.2, 0) is 4.74 Å². The topological polar surface area (TPSA) is 52.3 Å². The lowest BCUT2D eigenvalue weighted by atomic mass is 10.3. The molecule has 64 valence electrons. The molecule has 0 unspecified atom stereocenters. The van der Waals surface area contributed by atoms with Crippen LogP contribution in [0.15, 0.2) is 29.2 Å². The normalized spacial score (nSPS) is 9.42. The highest BCUT2D eigenvalue weighted by Gasteiger charge is 2.02. The first kappa shape index (κ1) is 8.93. The molecule has 1 rings (SSSR count). The van der Waals surface area contributed by atoms with Crippen molar-refractivity contribution in [3.05, 3.63) is 24.3 Å². The van der Waals surface area contributed by atoms with Gasteiger partial charge in [0.25, 0.3) is 0 Å². The summed E-state index contributed by atoms with van der Waals surface area (Å²) < 4.78 is 4.48. The summed E-state index contributed by atoms with van der Waals surface area (Å²) in [6, 6.07) is 7.03. The second-order valence-corrected chi connectivity index (χ2v) is 3.13. The second kappa shape index (κ2) is 4.01. The van der Waals surface area contributed by atoms with Gasteiger partial charge in [0.15, 0.2) is 0 Å². The van der Waals surface area contributed by atoms with Gasteiger partial charge in [-0.25, -0.2) is 4.79 Å². The number of rotatable bonds is 1. The van der Waals surface area contributed by atoms with E-state index in [1.54, 1.807) is 24.3 Å². The Balaban J connectivity index is 2.64. The van der Waals surface area contributed by atoms with Gasteiger partial charge in [0.05, 0.1) is 7.11 Å². The quantitative estimate of drug-likeness (QED) is 0.411. The highest BCUT2D eigenvalue weighted by Crippen LogP contribution is 2.20. The molecule has 0 aromatic heterocycles. The van der Waals surface area contributed by atoms with Crippen LogP contribution in [0.2, 0.25) is 0 Å². The zero-order valence-corrected chi connectivity index (χ0v) is 7.43. The monoisotopic (exact) mass is 183 g/mol. The summed E-state index contributed by atoms with van der Waals surface area (Å²) in [6.45, 7) is 0. The molecule has 0 aliphatic rings. The standard InChI is InChI=1S/C8H9NO2S/c1-11-8(10)12-7-4-2-6(9)3-5-7/h2-5H,9H2,1H3. The van der Waals surface area contributed by atoms with Gasteiger partial charge >= 0.3 is 5.30 Å². The highest BCUT2D eigenvalue weighted by atomic mass is 32.2. The third-order valence-electron chi connectivity index (χ3n) is 1.25. The summed E-state index contributed by atoms with van der Waals surface area (Å²) in [5.74, 6) is 0. The number of nitrogens with two attached hydrogens (primary N) is 1. The molecule has 0 saturated heterocycles. The molecule has 0 atom stereocenters. The maximum Gasteiger partial charge on any atom is 0.371 e. The zero-order valence-electron chi connectivity index (χ0n) is 6.61. The largest absolute Gasteiger partial charge is 0.461 e. The summed E-state index contributed by atoms with van der Waals surface area (Å²) in [6.07, 6.45) is 0. The lowest BCUT2D eigenvalue weighted by Gasteiger charge is -1.98. The Morgan fingerprint density at radius 1 is 1.42 bits per heavy atom. The van der Waals surface area contributed by atoms with Crippen LogP contribution in [0.1, 0.15) is 0 Å². The molecule has 0 fully saturated rings. The van der Waals surface area contributed by atoms with Crippen LogP contribution in [0.3, 0.4) is 0 Å². The van der Waals surface area contributed by atoms with E-state index in [9.17, 15) is 4.79 Å². The smallest absolute Gasteiger partial charge is 0.371 e. The summed E-state index contributed by atoms with van der Waals surface area (Å²) in [5, 5.41) is -0.320. The first-order valence-electron chi connectivity index (χ1n) is 3.33. The highest BCUT2D eigenvalue weighted by molar-refractivity contribution is 8.13. The minimum absolute atomic E-state index is 0.320.